The van der Waals surface area contributed by atoms with Gasteiger partial charge in [0.05, 0.1) is 37.0 Å². The summed E-state index contributed by atoms with van der Waals surface area (Å²) in [6, 6.07) is 22.7. The highest BCUT2D eigenvalue weighted by atomic mass is 32.2. The first-order chi connectivity index (χ1) is 20.1. The lowest BCUT2D eigenvalue weighted by molar-refractivity contribution is 0.0412. The fourth-order valence-electron chi connectivity index (χ4n) is 3.89. The van der Waals surface area contributed by atoms with Gasteiger partial charge in [-0.1, -0.05) is 48.5 Å². The highest BCUT2D eigenvalue weighted by molar-refractivity contribution is 7.93. The molecule has 0 spiro atoms. The Kier molecular flexibility index (Phi) is 12.3. The van der Waals surface area contributed by atoms with E-state index in [0.717, 1.165) is 5.56 Å². The molecule has 0 aliphatic heterocycles. The minimum Gasteiger partial charge on any atom is -0.443 e. The van der Waals surface area contributed by atoms with Gasteiger partial charge in [-0.3, -0.25) is 4.90 Å². The molecule has 0 fully saturated rings. The first-order valence-corrected chi connectivity index (χ1v) is 14.9. The number of carbonyl (C=O) groups excluding carboxylic acids is 1. The number of rotatable bonds is 15. The van der Waals surface area contributed by atoms with Gasteiger partial charge in [0.1, 0.15) is 19.1 Å². The Bertz CT molecular complexity index is 1360. The lowest BCUT2D eigenvalue weighted by Gasteiger charge is -2.28. The second kappa shape index (κ2) is 15.7. The largest absolute Gasteiger partial charge is 0.443 e. The molecular formula is C31H40N2O8S. The highest BCUT2D eigenvalue weighted by Gasteiger charge is 2.29. The van der Waals surface area contributed by atoms with Gasteiger partial charge in [-0.2, -0.15) is 0 Å². The number of sulfonamides is 1. The fraction of sp³-hybridized carbons (Fsp3) is 0.387. The van der Waals surface area contributed by atoms with E-state index in [1.54, 1.807) is 83.5 Å². The monoisotopic (exact) mass is 600 g/mol. The number of amides is 1. The van der Waals surface area contributed by atoms with Crippen molar-refractivity contribution in [1.29, 1.82) is 0 Å². The topological polar surface area (TPSA) is 104 Å². The second-order valence-corrected chi connectivity index (χ2v) is 12.0. The third-order valence-corrected chi connectivity index (χ3v) is 7.70. The van der Waals surface area contributed by atoms with Crippen molar-refractivity contribution in [3.63, 3.8) is 0 Å². The normalized spacial score (nSPS) is 11.7. The molecule has 42 heavy (non-hydrogen) atoms. The SMILES string of the molecule is COCCOCN(C(=O)OC(C)(C)C)c1ccc(N(COCCOC)S(=O)(=O)c2ccccc2-c2ccccc2)cc1. The molecule has 0 saturated carbocycles. The van der Waals surface area contributed by atoms with E-state index < -0.39 is 21.7 Å². The molecule has 0 bridgehead atoms. The molecule has 0 heterocycles. The molecule has 3 rings (SSSR count). The number of nitrogens with zero attached hydrogens (tertiary/aromatic N) is 2. The molecule has 10 nitrogen and oxygen atoms in total. The molecule has 228 valence electrons. The number of ether oxygens (including phenoxy) is 5. The molecule has 0 aliphatic carbocycles. The molecule has 1 amide bonds. The molecule has 0 atom stereocenters. The van der Waals surface area contributed by atoms with Gasteiger partial charge < -0.3 is 23.7 Å². The van der Waals surface area contributed by atoms with Crippen LogP contribution in [0.3, 0.4) is 0 Å². The van der Waals surface area contributed by atoms with E-state index in [0.29, 0.717) is 30.2 Å². The van der Waals surface area contributed by atoms with E-state index in [2.05, 4.69) is 0 Å². The average molecular weight is 601 g/mol. The third kappa shape index (κ3) is 9.27. The zero-order chi connectivity index (χ0) is 30.6. The number of hydrogen-bond donors (Lipinski definition) is 0. The molecule has 0 aromatic heterocycles. The molecule has 11 heteroatoms. The van der Waals surface area contributed by atoms with Crippen LogP contribution in [0.25, 0.3) is 11.1 Å². The van der Waals surface area contributed by atoms with Gasteiger partial charge in [0, 0.05) is 25.5 Å². The van der Waals surface area contributed by atoms with Gasteiger partial charge in [-0.05, 0) is 56.7 Å². The summed E-state index contributed by atoms with van der Waals surface area (Å²) >= 11 is 0. The minimum absolute atomic E-state index is 0.0792. The summed E-state index contributed by atoms with van der Waals surface area (Å²) < 4.78 is 56.5. The maximum absolute atomic E-state index is 14.2. The van der Waals surface area contributed by atoms with Crippen LogP contribution in [0.5, 0.6) is 0 Å². The zero-order valence-corrected chi connectivity index (χ0v) is 25.6. The lowest BCUT2D eigenvalue weighted by atomic mass is 10.1. The first-order valence-electron chi connectivity index (χ1n) is 13.5. The smallest absolute Gasteiger partial charge is 0.416 e. The number of carbonyl (C=O) groups is 1. The Morgan fingerprint density at radius 3 is 1.86 bits per heavy atom. The van der Waals surface area contributed by atoms with E-state index in [-0.39, 0.29) is 31.6 Å². The van der Waals surface area contributed by atoms with E-state index in [4.69, 9.17) is 23.7 Å². The Labute approximate surface area is 248 Å². The first kappa shape index (κ1) is 33.0. The predicted molar refractivity (Wildman–Crippen MR) is 162 cm³/mol. The van der Waals surface area contributed by atoms with Gasteiger partial charge in [0.25, 0.3) is 10.0 Å². The summed E-state index contributed by atoms with van der Waals surface area (Å²) in [5, 5.41) is 0. The van der Waals surface area contributed by atoms with Crippen LogP contribution in [0.2, 0.25) is 0 Å². The molecule has 0 N–H and O–H groups in total. The molecule has 0 saturated heterocycles. The van der Waals surface area contributed by atoms with E-state index in [1.165, 1.54) is 9.21 Å². The molecule has 3 aromatic carbocycles. The maximum atomic E-state index is 14.2. The van der Waals surface area contributed by atoms with Gasteiger partial charge in [0.15, 0.2) is 0 Å². The summed E-state index contributed by atoms with van der Waals surface area (Å²) in [7, 11) is -0.986. The standard InChI is InChI=1S/C31H40N2O8S/c1-31(2,3)41-30(34)32(23-39-21-19-37-4)26-15-17-27(18-16-26)33(24-40-22-20-38-5)42(35,36)29-14-10-9-13-28(29)25-11-7-6-8-12-25/h6-18H,19-24H2,1-5H3. The Balaban J connectivity index is 1.98. The summed E-state index contributed by atoms with van der Waals surface area (Å²) in [5.74, 6) is 0. The second-order valence-electron chi connectivity index (χ2n) is 10.2. The summed E-state index contributed by atoms with van der Waals surface area (Å²) in [6.07, 6.45) is -0.600. The van der Waals surface area contributed by atoms with E-state index in [9.17, 15) is 13.2 Å². The van der Waals surface area contributed by atoms with Crippen LogP contribution in [0.4, 0.5) is 16.2 Å². The summed E-state index contributed by atoms with van der Waals surface area (Å²) in [6.45, 7) is 6.15. The van der Waals surface area contributed by atoms with Crippen molar-refractivity contribution in [3.05, 3.63) is 78.9 Å². The van der Waals surface area contributed by atoms with Crippen molar-refractivity contribution >= 4 is 27.5 Å². The van der Waals surface area contributed by atoms with Crippen molar-refractivity contribution in [2.45, 2.75) is 31.3 Å². The molecule has 0 aliphatic rings. The van der Waals surface area contributed by atoms with Gasteiger partial charge in [0.2, 0.25) is 0 Å². The van der Waals surface area contributed by atoms with E-state index >= 15 is 0 Å². The zero-order valence-electron chi connectivity index (χ0n) is 24.8. The number of anilines is 2. The highest BCUT2D eigenvalue weighted by Crippen LogP contribution is 2.32. The van der Waals surface area contributed by atoms with Gasteiger partial charge >= 0.3 is 6.09 Å². The van der Waals surface area contributed by atoms with Crippen LogP contribution in [-0.4, -0.2) is 74.2 Å². The fourth-order valence-corrected chi connectivity index (χ4v) is 5.45. The number of benzene rings is 3. The van der Waals surface area contributed by atoms with Crippen LogP contribution in [0.15, 0.2) is 83.8 Å². The number of methoxy groups -OCH3 is 2. The average Bonchev–Trinajstić information content (AvgIpc) is 2.97. The van der Waals surface area contributed by atoms with Crippen molar-refractivity contribution in [2.24, 2.45) is 0 Å². The van der Waals surface area contributed by atoms with Crippen LogP contribution >= 0.6 is 0 Å². The minimum atomic E-state index is -4.09. The summed E-state index contributed by atoms with van der Waals surface area (Å²) in [4.78, 5) is 14.5. The molecule has 0 unspecified atom stereocenters. The predicted octanol–water partition coefficient (Wildman–Crippen LogP) is 5.53. The number of hydrogen-bond acceptors (Lipinski definition) is 8. The van der Waals surface area contributed by atoms with Crippen molar-refractivity contribution in [1.82, 2.24) is 0 Å². The van der Waals surface area contributed by atoms with E-state index in [1.807, 2.05) is 30.3 Å². The molecule has 3 aromatic rings. The van der Waals surface area contributed by atoms with Crippen LogP contribution in [-0.2, 0) is 33.7 Å². The molecule has 0 radical (unpaired) electrons. The summed E-state index contributed by atoms with van der Waals surface area (Å²) in [5.41, 5.74) is 1.43. The van der Waals surface area contributed by atoms with Crippen LogP contribution in [0.1, 0.15) is 20.8 Å². The van der Waals surface area contributed by atoms with Gasteiger partial charge in [-0.25, -0.2) is 17.5 Å². The van der Waals surface area contributed by atoms with Crippen LogP contribution in [0, 0.1) is 0 Å². The Morgan fingerprint density at radius 1 is 0.714 bits per heavy atom. The molecular weight excluding hydrogens is 560 g/mol. The third-order valence-electron chi connectivity index (χ3n) is 5.90. The van der Waals surface area contributed by atoms with Crippen LogP contribution < -0.4 is 9.21 Å². The maximum Gasteiger partial charge on any atom is 0.416 e. The van der Waals surface area contributed by atoms with Crippen molar-refractivity contribution in [2.75, 3.05) is 63.3 Å². The van der Waals surface area contributed by atoms with Crippen molar-refractivity contribution in [3.8, 4) is 11.1 Å². The van der Waals surface area contributed by atoms with Crippen molar-refractivity contribution < 1.29 is 36.9 Å². The lowest BCUT2D eigenvalue weighted by Crippen LogP contribution is -2.38. The van der Waals surface area contributed by atoms with Gasteiger partial charge in [-0.15, -0.1) is 0 Å². The Morgan fingerprint density at radius 2 is 1.26 bits per heavy atom. The quantitative estimate of drug-likeness (QED) is 0.166. The Hall–Kier alpha value is -3.48.